The molecule has 1 aromatic carbocycles. The lowest BCUT2D eigenvalue weighted by atomic mass is 10.1. The van der Waals surface area contributed by atoms with Crippen LogP contribution in [0, 0.1) is 0 Å². The Morgan fingerprint density at radius 2 is 1.90 bits per heavy atom. The highest BCUT2D eigenvalue weighted by atomic mass is 32.2. The van der Waals surface area contributed by atoms with Crippen LogP contribution in [0.5, 0.6) is 0 Å². The predicted molar refractivity (Wildman–Crippen MR) is 81.7 cm³/mol. The summed E-state index contributed by atoms with van der Waals surface area (Å²) in [5, 5.41) is 8.12. The highest BCUT2D eigenvalue weighted by molar-refractivity contribution is 7.89. The Kier molecular flexibility index (Phi) is 6.29. The zero-order valence-electron chi connectivity index (χ0n) is 12.0. The molecule has 9 heteroatoms. The smallest absolute Gasteiger partial charge is 0.238 e. The molecule has 0 radical (unpaired) electrons. The van der Waals surface area contributed by atoms with Gasteiger partial charge < -0.3 is 5.32 Å². The second-order valence-corrected chi connectivity index (χ2v) is 8.10. The lowest BCUT2D eigenvalue weighted by Crippen LogP contribution is -2.32. The summed E-state index contributed by atoms with van der Waals surface area (Å²) in [7, 11) is -7.01. The van der Waals surface area contributed by atoms with Crippen molar-refractivity contribution in [2.75, 3.05) is 18.8 Å². The van der Waals surface area contributed by atoms with Gasteiger partial charge in [-0.15, -0.1) is 0 Å². The van der Waals surface area contributed by atoms with Crippen molar-refractivity contribution in [1.29, 1.82) is 0 Å². The molecule has 7 nitrogen and oxygen atoms in total. The summed E-state index contributed by atoms with van der Waals surface area (Å²) >= 11 is 0. The largest absolute Gasteiger partial charge is 0.309 e. The number of nitrogens with one attached hydrogen (secondary N) is 2. The summed E-state index contributed by atoms with van der Waals surface area (Å²) in [6, 6.07) is 6.06. The highest BCUT2D eigenvalue weighted by Gasteiger charge is 2.13. The van der Waals surface area contributed by atoms with Crippen molar-refractivity contribution < 1.29 is 16.8 Å². The second-order valence-electron chi connectivity index (χ2n) is 4.61. The number of benzene rings is 1. The van der Waals surface area contributed by atoms with E-state index in [2.05, 4.69) is 10.0 Å². The van der Waals surface area contributed by atoms with Crippen LogP contribution < -0.4 is 15.2 Å². The van der Waals surface area contributed by atoms with Gasteiger partial charge in [-0.3, -0.25) is 0 Å². The van der Waals surface area contributed by atoms with Gasteiger partial charge in [0.15, 0.2) is 0 Å². The summed E-state index contributed by atoms with van der Waals surface area (Å²) in [5.74, 6) is -0.0416. The first-order chi connectivity index (χ1) is 9.65. The van der Waals surface area contributed by atoms with E-state index in [1.165, 1.54) is 12.1 Å². The molecule has 0 saturated carbocycles. The normalized spacial score (nSPS) is 14.0. The minimum atomic E-state index is -3.74. The molecule has 0 heterocycles. The van der Waals surface area contributed by atoms with E-state index in [1.807, 2.05) is 6.92 Å². The Bertz CT molecular complexity index is 671. The van der Waals surface area contributed by atoms with Gasteiger partial charge in [-0.25, -0.2) is 26.7 Å². The Morgan fingerprint density at radius 1 is 1.24 bits per heavy atom. The van der Waals surface area contributed by atoms with Crippen molar-refractivity contribution >= 4 is 20.0 Å². The third kappa shape index (κ3) is 6.10. The van der Waals surface area contributed by atoms with Crippen LogP contribution >= 0.6 is 0 Å². The zero-order valence-corrected chi connectivity index (χ0v) is 13.7. The Morgan fingerprint density at radius 3 is 2.48 bits per heavy atom. The molecule has 4 N–H and O–H groups in total. The van der Waals surface area contributed by atoms with Crippen LogP contribution in [-0.2, 0) is 20.0 Å². The fourth-order valence-electron chi connectivity index (χ4n) is 1.78. The average molecular weight is 335 g/mol. The van der Waals surface area contributed by atoms with E-state index < -0.39 is 20.0 Å². The standard InChI is InChI=1S/C12H21N3O4S2/c1-3-15-20(16,17)8-7-14-10(2)11-5-4-6-12(9-11)21(13,18)19/h4-6,9-10,14-15H,3,7-8H2,1-2H3,(H2,13,18,19). The first-order valence-corrected chi connectivity index (χ1v) is 9.69. The summed E-state index contributed by atoms with van der Waals surface area (Å²) in [6.45, 7) is 4.15. The molecule has 1 unspecified atom stereocenters. The molecule has 0 aliphatic rings. The van der Waals surface area contributed by atoms with Gasteiger partial charge in [0.2, 0.25) is 20.0 Å². The Hall–Kier alpha value is -1.00. The SMILES string of the molecule is CCNS(=O)(=O)CCNC(C)c1cccc(S(N)(=O)=O)c1. The van der Waals surface area contributed by atoms with Crippen LogP contribution in [0.3, 0.4) is 0 Å². The van der Waals surface area contributed by atoms with E-state index in [1.54, 1.807) is 19.1 Å². The van der Waals surface area contributed by atoms with Crippen molar-refractivity contribution in [2.45, 2.75) is 24.8 Å². The van der Waals surface area contributed by atoms with Gasteiger partial charge >= 0.3 is 0 Å². The molecule has 0 fully saturated rings. The number of hydrogen-bond donors (Lipinski definition) is 3. The quantitative estimate of drug-likeness (QED) is 0.614. The fourth-order valence-corrected chi connectivity index (χ4v) is 3.32. The van der Waals surface area contributed by atoms with E-state index in [4.69, 9.17) is 5.14 Å². The maximum Gasteiger partial charge on any atom is 0.238 e. The van der Waals surface area contributed by atoms with Crippen molar-refractivity contribution in [2.24, 2.45) is 5.14 Å². The van der Waals surface area contributed by atoms with Crippen molar-refractivity contribution in [3.05, 3.63) is 29.8 Å². The molecular weight excluding hydrogens is 314 g/mol. The molecule has 120 valence electrons. The topological polar surface area (TPSA) is 118 Å². The molecule has 0 bridgehead atoms. The maximum absolute atomic E-state index is 11.5. The third-order valence-corrected chi connectivity index (χ3v) is 5.25. The molecule has 0 aliphatic heterocycles. The fraction of sp³-hybridized carbons (Fsp3) is 0.500. The van der Waals surface area contributed by atoms with E-state index in [9.17, 15) is 16.8 Å². The molecule has 1 rings (SSSR count). The molecular formula is C12H21N3O4S2. The van der Waals surface area contributed by atoms with Crippen molar-refractivity contribution in [3.8, 4) is 0 Å². The number of nitrogens with two attached hydrogens (primary N) is 1. The number of rotatable bonds is 8. The van der Waals surface area contributed by atoms with Crippen LogP contribution in [0.4, 0.5) is 0 Å². The molecule has 0 amide bonds. The van der Waals surface area contributed by atoms with E-state index in [0.717, 1.165) is 5.56 Å². The molecule has 1 aromatic rings. The van der Waals surface area contributed by atoms with E-state index in [-0.39, 0.29) is 23.2 Å². The first kappa shape index (κ1) is 18.1. The van der Waals surface area contributed by atoms with Gasteiger partial charge in [0.05, 0.1) is 10.6 Å². The third-order valence-electron chi connectivity index (χ3n) is 2.87. The molecule has 0 spiro atoms. The van der Waals surface area contributed by atoms with Gasteiger partial charge in [0.1, 0.15) is 0 Å². The van der Waals surface area contributed by atoms with Gasteiger partial charge in [-0.05, 0) is 24.6 Å². The van der Waals surface area contributed by atoms with Gasteiger partial charge in [-0.2, -0.15) is 0 Å². The second kappa shape index (κ2) is 7.32. The molecule has 0 aromatic heterocycles. The highest BCUT2D eigenvalue weighted by Crippen LogP contribution is 2.16. The summed E-state index contributed by atoms with van der Waals surface area (Å²) in [4.78, 5) is 0.0360. The Labute approximate surface area is 126 Å². The maximum atomic E-state index is 11.5. The number of primary sulfonamides is 1. The predicted octanol–water partition coefficient (Wildman–Crippen LogP) is -0.0761. The van der Waals surface area contributed by atoms with Crippen LogP contribution in [0.1, 0.15) is 25.5 Å². The summed E-state index contributed by atoms with van der Waals surface area (Å²) in [5.41, 5.74) is 0.724. The average Bonchev–Trinajstić information content (AvgIpc) is 2.37. The lowest BCUT2D eigenvalue weighted by molar-refractivity contribution is 0.563. The number of sulfonamides is 2. The lowest BCUT2D eigenvalue weighted by Gasteiger charge is -2.15. The minimum absolute atomic E-state index is 0.0360. The van der Waals surface area contributed by atoms with Gasteiger partial charge in [0.25, 0.3) is 0 Å². The Balaban J connectivity index is 2.67. The van der Waals surface area contributed by atoms with E-state index in [0.29, 0.717) is 6.54 Å². The molecule has 21 heavy (non-hydrogen) atoms. The number of hydrogen-bond acceptors (Lipinski definition) is 5. The molecule has 0 saturated heterocycles. The van der Waals surface area contributed by atoms with Gasteiger partial charge in [-0.1, -0.05) is 19.1 Å². The summed E-state index contributed by atoms with van der Waals surface area (Å²) < 4.78 is 48.0. The van der Waals surface area contributed by atoms with Crippen molar-refractivity contribution in [1.82, 2.24) is 10.0 Å². The molecule has 0 aliphatic carbocycles. The van der Waals surface area contributed by atoms with Gasteiger partial charge in [0, 0.05) is 19.1 Å². The monoisotopic (exact) mass is 335 g/mol. The summed E-state index contributed by atoms with van der Waals surface area (Å²) in [6.07, 6.45) is 0. The van der Waals surface area contributed by atoms with Crippen LogP contribution in [-0.4, -0.2) is 35.7 Å². The van der Waals surface area contributed by atoms with E-state index >= 15 is 0 Å². The minimum Gasteiger partial charge on any atom is -0.309 e. The van der Waals surface area contributed by atoms with Crippen molar-refractivity contribution in [3.63, 3.8) is 0 Å². The van der Waals surface area contributed by atoms with Crippen LogP contribution in [0.15, 0.2) is 29.2 Å². The van der Waals surface area contributed by atoms with Crippen LogP contribution in [0.2, 0.25) is 0 Å². The van der Waals surface area contributed by atoms with Crippen LogP contribution in [0.25, 0.3) is 0 Å². The first-order valence-electron chi connectivity index (χ1n) is 6.49. The zero-order chi connectivity index (χ0) is 16.1. The molecule has 1 atom stereocenters.